The second-order valence-corrected chi connectivity index (χ2v) is 11.8. The number of thioether (sulfide) groups is 1. The lowest BCUT2D eigenvalue weighted by molar-refractivity contribution is -0.122. The summed E-state index contributed by atoms with van der Waals surface area (Å²) in [6, 6.07) is 36.2. The van der Waals surface area contributed by atoms with E-state index in [1.807, 2.05) is 66.7 Å². The van der Waals surface area contributed by atoms with Crippen molar-refractivity contribution in [1.29, 1.82) is 0 Å². The number of amidine groups is 1. The van der Waals surface area contributed by atoms with Gasteiger partial charge in [-0.3, -0.25) is 9.69 Å². The molecule has 1 amide bonds. The second-order valence-electron chi connectivity index (χ2n) is 9.89. The Morgan fingerprint density at radius 3 is 2.35 bits per heavy atom. The van der Waals surface area contributed by atoms with Gasteiger partial charge in [-0.1, -0.05) is 82.7 Å². The predicted molar refractivity (Wildman–Crippen MR) is 175 cm³/mol. The van der Waals surface area contributed by atoms with Crippen molar-refractivity contribution in [3.8, 4) is 5.75 Å². The Balaban J connectivity index is 1.29. The third-order valence-electron chi connectivity index (χ3n) is 6.88. The van der Waals surface area contributed by atoms with E-state index in [0.717, 1.165) is 32.2 Å². The Morgan fingerprint density at radius 2 is 1.58 bits per heavy atom. The molecule has 5 aromatic carbocycles. The molecule has 0 spiro atoms. The van der Waals surface area contributed by atoms with Gasteiger partial charge in [0.25, 0.3) is 5.91 Å². The summed E-state index contributed by atoms with van der Waals surface area (Å²) in [4.78, 5) is 32.0. The van der Waals surface area contributed by atoms with Crippen LogP contribution in [0, 0.1) is 0 Å². The third-order valence-corrected chi connectivity index (χ3v) is 8.38. The van der Waals surface area contributed by atoms with Crippen LogP contribution < -0.4 is 4.74 Å². The minimum Gasteiger partial charge on any atom is -0.488 e. The fourth-order valence-corrected chi connectivity index (χ4v) is 6.04. The van der Waals surface area contributed by atoms with E-state index in [1.54, 1.807) is 17.0 Å². The number of halogens is 1. The topological polar surface area (TPSA) is 79.2 Å². The van der Waals surface area contributed by atoms with Crippen molar-refractivity contribution >= 4 is 67.3 Å². The summed E-state index contributed by atoms with van der Waals surface area (Å²) in [5.74, 6) is -0.535. The molecule has 0 bridgehead atoms. The molecular weight excluding hydrogens is 624 g/mol. The zero-order valence-corrected chi connectivity index (χ0v) is 25.2. The van der Waals surface area contributed by atoms with Crippen LogP contribution in [0.1, 0.15) is 27.0 Å². The van der Waals surface area contributed by atoms with Crippen LogP contribution in [0.4, 0.5) is 5.69 Å². The number of aliphatic imine (C=N–C) groups is 1. The maximum atomic E-state index is 13.8. The molecule has 1 N–H and O–H groups in total. The number of carbonyl (C=O) groups excluding carboxylic acids is 1. The molecule has 1 saturated heterocycles. The minimum absolute atomic E-state index is 0.190. The second kappa shape index (κ2) is 12.7. The van der Waals surface area contributed by atoms with E-state index >= 15 is 0 Å². The SMILES string of the molecule is O=C(O)c1ccc(CN2C(=O)/C(=C/c3cc(Br)ccc3OCc3ccc4ccccc4c3)SC2=Nc2ccccc2)cc1. The molecule has 0 unspecified atom stereocenters. The zero-order chi connectivity index (χ0) is 29.8. The molecule has 6 nitrogen and oxygen atoms in total. The van der Waals surface area contributed by atoms with E-state index in [9.17, 15) is 14.7 Å². The van der Waals surface area contributed by atoms with E-state index in [1.165, 1.54) is 29.3 Å². The average Bonchev–Trinajstić information content (AvgIpc) is 3.30. The first kappa shape index (κ1) is 28.5. The standard InChI is InChI=1S/C35H25BrN2O4S/c36-29-16-17-31(42-22-24-12-13-25-6-4-5-7-27(25)18-24)28(19-29)20-32-33(39)38(21-23-10-14-26(15-11-23)34(40)41)35(43-32)37-30-8-2-1-3-9-30/h1-20H,21-22H2,(H,40,41)/b32-20-,37-35?. The fourth-order valence-electron chi connectivity index (χ4n) is 4.67. The molecule has 8 heteroatoms. The van der Waals surface area contributed by atoms with Gasteiger partial charge in [-0.05, 0) is 88.3 Å². The average molecular weight is 650 g/mol. The molecule has 5 aromatic rings. The monoisotopic (exact) mass is 648 g/mol. The number of rotatable bonds is 8. The number of aromatic carboxylic acids is 1. The van der Waals surface area contributed by atoms with Crippen LogP contribution in [0.3, 0.4) is 0 Å². The van der Waals surface area contributed by atoms with E-state index in [2.05, 4.69) is 46.3 Å². The number of amides is 1. The van der Waals surface area contributed by atoms with E-state index in [0.29, 0.717) is 22.4 Å². The molecule has 0 saturated carbocycles. The summed E-state index contributed by atoms with van der Waals surface area (Å²) >= 11 is 4.86. The maximum absolute atomic E-state index is 13.8. The molecule has 43 heavy (non-hydrogen) atoms. The molecule has 1 aliphatic rings. The normalized spacial score (nSPS) is 15.0. The number of carboxylic acids is 1. The molecule has 0 aliphatic carbocycles. The van der Waals surface area contributed by atoms with Crippen molar-refractivity contribution < 1.29 is 19.4 Å². The smallest absolute Gasteiger partial charge is 0.335 e. The summed E-state index contributed by atoms with van der Waals surface area (Å²) in [7, 11) is 0. The lowest BCUT2D eigenvalue weighted by atomic mass is 10.1. The molecular formula is C35H25BrN2O4S. The third kappa shape index (κ3) is 6.71. The van der Waals surface area contributed by atoms with Gasteiger partial charge in [0.05, 0.1) is 22.7 Å². The molecule has 1 aliphatic heterocycles. The van der Waals surface area contributed by atoms with Gasteiger partial charge in [0.15, 0.2) is 5.17 Å². The maximum Gasteiger partial charge on any atom is 0.335 e. The minimum atomic E-state index is -0.997. The summed E-state index contributed by atoms with van der Waals surface area (Å²) in [5, 5.41) is 12.1. The van der Waals surface area contributed by atoms with Crippen LogP contribution in [0.2, 0.25) is 0 Å². The largest absolute Gasteiger partial charge is 0.488 e. The van der Waals surface area contributed by atoms with Gasteiger partial charge in [-0.25, -0.2) is 9.79 Å². The van der Waals surface area contributed by atoms with Crippen molar-refractivity contribution in [3.63, 3.8) is 0 Å². The molecule has 1 heterocycles. The van der Waals surface area contributed by atoms with Gasteiger partial charge in [0.2, 0.25) is 0 Å². The van der Waals surface area contributed by atoms with Gasteiger partial charge in [0.1, 0.15) is 12.4 Å². The molecule has 6 rings (SSSR count). The highest BCUT2D eigenvalue weighted by Crippen LogP contribution is 2.37. The Morgan fingerprint density at radius 1 is 0.860 bits per heavy atom. The number of carboxylic acid groups (broad SMARTS) is 1. The number of ether oxygens (including phenoxy) is 1. The van der Waals surface area contributed by atoms with Crippen molar-refractivity contribution in [2.75, 3.05) is 0 Å². The first-order valence-corrected chi connectivity index (χ1v) is 15.1. The number of carbonyl (C=O) groups is 2. The highest BCUT2D eigenvalue weighted by molar-refractivity contribution is 9.10. The number of nitrogens with zero attached hydrogens (tertiary/aromatic N) is 2. The first-order valence-electron chi connectivity index (χ1n) is 13.5. The van der Waals surface area contributed by atoms with Crippen molar-refractivity contribution in [2.24, 2.45) is 4.99 Å². The van der Waals surface area contributed by atoms with Gasteiger partial charge >= 0.3 is 5.97 Å². The van der Waals surface area contributed by atoms with Crippen molar-refractivity contribution in [3.05, 3.63) is 147 Å². The first-order chi connectivity index (χ1) is 20.9. The predicted octanol–water partition coefficient (Wildman–Crippen LogP) is 8.68. The number of para-hydroxylation sites is 1. The van der Waals surface area contributed by atoms with Crippen LogP contribution in [0.25, 0.3) is 16.8 Å². The van der Waals surface area contributed by atoms with Crippen molar-refractivity contribution in [2.45, 2.75) is 13.2 Å². The molecule has 0 atom stereocenters. The van der Waals surface area contributed by atoms with Crippen LogP contribution in [0.5, 0.6) is 5.75 Å². The van der Waals surface area contributed by atoms with Gasteiger partial charge in [-0.15, -0.1) is 0 Å². The molecule has 1 fully saturated rings. The highest BCUT2D eigenvalue weighted by Gasteiger charge is 2.34. The fraction of sp³-hybridized carbons (Fsp3) is 0.0571. The molecule has 212 valence electrons. The lowest BCUT2D eigenvalue weighted by Crippen LogP contribution is -2.28. The Bertz CT molecular complexity index is 1890. The number of hydrogen-bond acceptors (Lipinski definition) is 5. The summed E-state index contributed by atoms with van der Waals surface area (Å²) in [5.41, 5.74) is 3.52. The molecule has 0 radical (unpaired) electrons. The summed E-state index contributed by atoms with van der Waals surface area (Å²) in [6.07, 6.45) is 1.83. The van der Waals surface area contributed by atoms with Gasteiger partial charge < -0.3 is 9.84 Å². The Hall–Kier alpha value is -4.66. The van der Waals surface area contributed by atoms with Gasteiger partial charge in [-0.2, -0.15) is 0 Å². The Labute approximate surface area is 261 Å². The quantitative estimate of drug-likeness (QED) is 0.170. The number of hydrogen-bond donors (Lipinski definition) is 1. The number of fused-ring (bicyclic) bond motifs is 1. The van der Waals surface area contributed by atoms with Crippen LogP contribution in [-0.4, -0.2) is 27.1 Å². The number of benzene rings is 5. The van der Waals surface area contributed by atoms with E-state index < -0.39 is 5.97 Å². The van der Waals surface area contributed by atoms with E-state index in [4.69, 9.17) is 9.73 Å². The summed E-state index contributed by atoms with van der Waals surface area (Å²) < 4.78 is 7.13. The van der Waals surface area contributed by atoms with Gasteiger partial charge in [0, 0.05) is 10.0 Å². The lowest BCUT2D eigenvalue weighted by Gasteiger charge is -2.16. The van der Waals surface area contributed by atoms with E-state index in [-0.39, 0.29) is 18.0 Å². The van der Waals surface area contributed by atoms with Crippen molar-refractivity contribution in [1.82, 2.24) is 4.90 Å². The van der Waals surface area contributed by atoms with Crippen LogP contribution in [-0.2, 0) is 17.9 Å². The van der Waals surface area contributed by atoms with Crippen LogP contribution in [0.15, 0.2) is 130 Å². The summed E-state index contributed by atoms with van der Waals surface area (Å²) in [6.45, 7) is 0.626. The highest BCUT2D eigenvalue weighted by atomic mass is 79.9. The zero-order valence-electron chi connectivity index (χ0n) is 22.8. The molecule has 0 aromatic heterocycles. The Kier molecular flexibility index (Phi) is 8.40. The van der Waals surface area contributed by atoms with Crippen LogP contribution >= 0.6 is 27.7 Å².